The molecule has 194 valence electrons. The summed E-state index contributed by atoms with van der Waals surface area (Å²) in [5.41, 5.74) is 12.4. The Morgan fingerprint density at radius 1 is 0.618 bits per heavy atom. The average Bonchev–Trinajstić information content (AvgIpc) is 3.60. The van der Waals surface area contributed by atoms with Gasteiger partial charge in [-0.3, -0.25) is 19.4 Å². The summed E-state index contributed by atoms with van der Waals surface area (Å²) >= 11 is 0. The maximum atomic E-state index is 12.8. The lowest BCUT2D eigenvalue weighted by Crippen LogP contribution is -2.55. The first kappa shape index (κ1) is 26.5. The van der Waals surface area contributed by atoms with Gasteiger partial charge >= 0.3 is 0 Å². The molecule has 0 radical (unpaired) electrons. The lowest BCUT2D eigenvalue weighted by Gasteiger charge is -2.39. The predicted molar refractivity (Wildman–Crippen MR) is 142 cm³/mol. The Balaban J connectivity index is 1.08. The van der Waals surface area contributed by atoms with Crippen LogP contribution in [-0.2, 0) is 9.59 Å². The van der Waals surface area contributed by atoms with Crippen molar-refractivity contribution in [1.29, 1.82) is 0 Å². The fourth-order valence-electron chi connectivity index (χ4n) is 6.01. The van der Waals surface area contributed by atoms with E-state index in [0.29, 0.717) is 11.5 Å². The topological polar surface area (TPSA) is 99.1 Å². The van der Waals surface area contributed by atoms with Crippen LogP contribution in [0.2, 0.25) is 0 Å². The Morgan fingerprint density at radius 3 is 1.26 bits per heavy atom. The van der Waals surface area contributed by atoms with E-state index in [0.717, 1.165) is 64.4 Å². The molecule has 0 unspecified atom stereocenters. The van der Waals surface area contributed by atoms with Crippen molar-refractivity contribution in [2.24, 2.45) is 11.5 Å². The molecule has 4 fully saturated rings. The van der Waals surface area contributed by atoms with Gasteiger partial charge in [0.15, 0.2) is 0 Å². The SMILES string of the molecule is N[C@@H](CSSC[C@H](N)C(=O)N1CCN(C2CCCC2)CC1)C(=O)N1CCN(C2CCCC2)CC1. The molecule has 2 atom stereocenters. The molecule has 4 rings (SSSR count). The van der Waals surface area contributed by atoms with Crippen molar-refractivity contribution >= 4 is 33.4 Å². The Labute approximate surface area is 213 Å². The van der Waals surface area contributed by atoms with E-state index in [9.17, 15) is 9.59 Å². The average molecular weight is 513 g/mol. The first-order chi connectivity index (χ1) is 16.5. The number of rotatable bonds is 9. The molecule has 2 saturated carbocycles. The molecular weight excluding hydrogens is 468 g/mol. The van der Waals surface area contributed by atoms with Crippen LogP contribution < -0.4 is 11.5 Å². The fraction of sp³-hybridized carbons (Fsp3) is 0.917. The molecule has 2 saturated heterocycles. The van der Waals surface area contributed by atoms with E-state index in [1.807, 2.05) is 9.80 Å². The van der Waals surface area contributed by atoms with E-state index in [-0.39, 0.29) is 11.8 Å². The summed E-state index contributed by atoms with van der Waals surface area (Å²) in [6.07, 6.45) is 10.6. The van der Waals surface area contributed by atoms with Crippen molar-refractivity contribution in [3.05, 3.63) is 0 Å². The van der Waals surface area contributed by atoms with Crippen LogP contribution in [-0.4, -0.2) is 119 Å². The van der Waals surface area contributed by atoms with Crippen molar-refractivity contribution in [2.45, 2.75) is 75.5 Å². The molecule has 2 aliphatic heterocycles. The van der Waals surface area contributed by atoms with E-state index >= 15 is 0 Å². The van der Waals surface area contributed by atoms with Gasteiger partial charge in [0, 0.05) is 75.9 Å². The molecule has 10 heteroatoms. The number of piperazine rings is 2. The molecule has 2 aliphatic carbocycles. The lowest BCUT2D eigenvalue weighted by atomic mass is 10.1. The van der Waals surface area contributed by atoms with Crippen molar-refractivity contribution in [3.8, 4) is 0 Å². The molecule has 0 aromatic heterocycles. The summed E-state index contributed by atoms with van der Waals surface area (Å²) in [6, 6.07) is 0.458. The summed E-state index contributed by atoms with van der Waals surface area (Å²) in [5.74, 6) is 1.21. The highest BCUT2D eigenvalue weighted by Crippen LogP contribution is 2.27. The Morgan fingerprint density at radius 2 is 0.941 bits per heavy atom. The van der Waals surface area contributed by atoms with Gasteiger partial charge in [0.05, 0.1) is 12.1 Å². The first-order valence-electron chi connectivity index (χ1n) is 13.3. The third kappa shape index (κ3) is 7.03. The lowest BCUT2D eigenvalue weighted by molar-refractivity contribution is -0.134. The Hall–Kier alpha value is -0.520. The molecule has 0 bridgehead atoms. The number of carbonyl (C=O) groups is 2. The van der Waals surface area contributed by atoms with E-state index in [2.05, 4.69) is 9.80 Å². The standard InChI is InChI=1S/C24H44N6O2S2/c25-21(23(31)29-13-9-27(10-14-29)19-5-1-2-6-19)17-33-34-18-22(26)24(32)30-15-11-28(12-16-30)20-7-3-4-8-20/h19-22H,1-18,25-26H2/t21-,22-/m0/s1. The van der Waals surface area contributed by atoms with Crippen molar-refractivity contribution in [1.82, 2.24) is 19.6 Å². The minimum Gasteiger partial charge on any atom is -0.339 e. The number of nitrogens with zero attached hydrogens (tertiary/aromatic N) is 4. The van der Waals surface area contributed by atoms with Crippen LogP contribution in [0.4, 0.5) is 0 Å². The highest BCUT2D eigenvalue weighted by Gasteiger charge is 2.31. The fourth-order valence-corrected chi connectivity index (χ4v) is 8.24. The molecule has 4 N–H and O–H groups in total. The maximum absolute atomic E-state index is 12.8. The quantitative estimate of drug-likeness (QED) is 0.351. The highest BCUT2D eigenvalue weighted by atomic mass is 33.1. The van der Waals surface area contributed by atoms with Crippen LogP contribution in [0, 0.1) is 0 Å². The van der Waals surface area contributed by atoms with E-state index in [1.165, 1.54) is 51.4 Å². The molecular formula is C24H44N6O2S2. The van der Waals surface area contributed by atoms with Crippen LogP contribution in [0.1, 0.15) is 51.4 Å². The summed E-state index contributed by atoms with van der Waals surface area (Å²) in [7, 11) is 3.12. The molecule has 2 amide bonds. The van der Waals surface area contributed by atoms with E-state index < -0.39 is 12.1 Å². The molecule has 2 heterocycles. The molecule has 4 aliphatic rings. The number of nitrogens with two attached hydrogens (primary N) is 2. The third-order valence-electron chi connectivity index (χ3n) is 8.15. The maximum Gasteiger partial charge on any atom is 0.240 e. The van der Waals surface area contributed by atoms with Crippen LogP contribution >= 0.6 is 21.6 Å². The summed E-state index contributed by atoms with van der Waals surface area (Å²) in [4.78, 5) is 34.5. The second-order valence-corrected chi connectivity index (χ2v) is 12.9. The second kappa shape index (κ2) is 13.1. The summed E-state index contributed by atoms with van der Waals surface area (Å²) < 4.78 is 0. The van der Waals surface area contributed by atoms with E-state index in [1.54, 1.807) is 21.6 Å². The van der Waals surface area contributed by atoms with Gasteiger partial charge < -0.3 is 21.3 Å². The summed E-state index contributed by atoms with van der Waals surface area (Å²) in [6.45, 7) is 7.02. The predicted octanol–water partition coefficient (Wildman–Crippen LogP) is 1.20. The highest BCUT2D eigenvalue weighted by molar-refractivity contribution is 8.76. The van der Waals surface area contributed by atoms with Gasteiger partial charge in [0.25, 0.3) is 0 Å². The number of carbonyl (C=O) groups excluding carboxylic acids is 2. The molecule has 34 heavy (non-hydrogen) atoms. The van der Waals surface area contributed by atoms with Crippen molar-refractivity contribution in [3.63, 3.8) is 0 Å². The normalized spacial score (nSPS) is 25.7. The largest absolute Gasteiger partial charge is 0.339 e. The zero-order valence-electron chi connectivity index (χ0n) is 20.6. The monoisotopic (exact) mass is 512 g/mol. The van der Waals surface area contributed by atoms with Gasteiger partial charge in [-0.25, -0.2) is 0 Å². The smallest absolute Gasteiger partial charge is 0.240 e. The van der Waals surface area contributed by atoms with Gasteiger partial charge in [-0.2, -0.15) is 0 Å². The van der Waals surface area contributed by atoms with Crippen molar-refractivity contribution < 1.29 is 9.59 Å². The molecule has 8 nitrogen and oxygen atoms in total. The van der Waals surface area contributed by atoms with Crippen LogP contribution in [0.3, 0.4) is 0 Å². The number of amides is 2. The zero-order chi connectivity index (χ0) is 23.9. The van der Waals surface area contributed by atoms with Gasteiger partial charge in [-0.15, -0.1) is 0 Å². The van der Waals surface area contributed by atoms with Gasteiger partial charge in [0.2, 0.25) is 11.8 Å². The Kier molecular flexibility index (Phi) is 10.3. The zero-order valence-corrected chi connectivity index (χ0v) is 22.2. The molecule has 0 spiro atoms. The van der Waals surface area contributed by atoms with Gasteiger partial charge in [0.1, 0.15) is 0 Å². The minimum absolute atomic E-state index is 0.0553. The first-order valence-corrected chi connectivity index (χ1v) is 15.8. The van der Waals surface area contributed by atoms with Gasteiger partial charge in [-0.05, 0) is 25.7 Å². The van der Waals surface area contributed by atoms with Crippen LogP contribution in [0.25, 0.3) is 0 Å². The Bertz CT molecular complexity index is 602. The molecule has 0 aromatic rings. The van der Waals surface area contributed by atoms with E-state index in [4.69, 9.17) is 11.5 Å². The summed E-state index contributed by atoms with van der Waals surface area (Å²) in [5, 5.41) is 0. The molecule has 0 aromatic carbocycles. The third-order valence-corrected chi connectivity index (χ3v) is 10.6. The van der Waals surface area contributed by atoms with Gasteiger partial charge in [-0.1, -0.05) is 47.3 Å². The van der Waals surface area contributed by atoms with Crippen LogP contribution in [0.5, 0.6) is 0 Å². The second-order valence-electron chi connectivity index (χ2n) is 10.4. The van der Waals surface area contributed by atoms with Crippen LogP contribution in [0.15, 0.2) is 0 Å². The van der Waals surface area contributed by atoms with Crippen molar-refractivity contribution in [2.75, 3.05) is 63.9 Å². The minimum atomic E-state index is -0.494. The number of hydrogen-bond donors (Lipinski definition) is 2. The number of hydrogen-bond acceptors (Lipinski definition) is 8.